The first-order valence-corrected chi connectivity index (χ1v) is 9.26. The van der Waals surface area contributed by atoms with E-state index in [2.05, 4.69) is 25.0 Å². The largest absolute Gasteiger partial charge is 0.361 e. The van der Waals surface area contributed by atoms with Gasteiger partial charge in [0.05, 0.1) is 23.8 Å². The van der Waals surface area contributed by atoms with Crippen LogP contribution >= 0.6 is 0 Å². The molecular formula is C19H25N7O. The van der Waals surface area contributed by atoms with Crippen LogP contribution in [0.25, 0.3) is 5.82 Å². The Morgan fingerprint density at radius 3 is 2.37 bits per heavy atom. The van der Waals surface area contributed by atoms with Gasteiger partial charge in [-0.2, -0.15) is 5.10 Å². The molecule has 0 bridgehead atoms. The monoisotopic (exact) mass is 367 g/mol. The molecule has 4 rings (SSSR count). The fourth-order valence-electron chi connectivity index (χ4n) is 3.55. The third kappa shape index (κ3) is 3.57. The third-order valence-electron chi connectivity index (χ3n) is 5.09. The summed E-state index contributed by atoms with van der Waals surface area (Å²) in [6, 6.07) is 2.04. The Bertz CT molecular complexity index is 918. The van der Waals surface area contributed by atoms with E-state index in [1.54, 1.807) is 6.20 Å². The van der Waals surface area contributed by atoms with E-state index in [0.29, 0.717) is 0 Å². The second-order valence-electron chi connectivity index (χ2n) is 7.14. The standard InChI is InChI=1S/C19H25N7O/c1-13-9-14(2)26(22-13)19-11-20-10-18(21-19)25-7-5-24(6-8-25)12-17-15(3)23-27-16(17)4/h9-11H,5-8,12H2,1-4H3. The number of nitrogens with zero attached hydrogens (tertiary/aromatic N) is 7. The van der Waals surface area contributed by atoms with E-state index >= 15 is 0 Å². The van der Waals surface area contributed by atoms with Gasteiger partial charge in [0.15, 0.2) is 5.82 Å². The van der Waals surface area contributed by atoms with Crippen LogP contribution < -0.4 is 4.90 Å². The maximum absolute atomic E-state index is 5.28. The fourth-order valence-corrected chi connectivity index (χ4v) is 3.55. The third-order valence-corrected chi connectivity index (χ3v) is 5.09. The predicted octanol–water partition coefficient (Wildman–Crippen LogP) is 2.21. The number of aromatic nitrogens is 5. The SMILES string of the molecule is Cc1cc(C)n(-c2cncc(N3CCN(Cc4c(C)noc4C)CC3)n2)n1. The molecule has 1 aliphatic heterocycles. The molecule has 0 amide bonds. The summed E-state index contributed by atoms with van der Waals surface area (Å²) in [5.41, 5.74) is 4.23. The van der Waals surface area contributed by atoms with Crippen molar-refractivity contribution in [3.05, 3.63) is 46.9 Å². The van der Waals surface area contributed by atoms with E-state index in [9.17, 15) is 0 Å². The predicted molar refractivity (Wildman–Crippen MR) is 102 cm³/mol. The molecule has 0 saturated carbocycles. The highest BCUT2D eigenvalue weighted by molar-refractivity contribution is 5.40. The molecule has 8 nitrogen and oxygen atoms in total. The summed E-state index contributed by atoms with van der Waals surface area (Å²) in [7, 11) is 0. The van der Waals surface area contributed by atoms with Gasteiger partial charge in [-0.05, 0) is 33.8 Å². The average molecular weight is 367 g/mol. The molecule has 1 aliphatic rings. The highest BCUT2D eigenvalue weighted by Gasteiger charge is 2.21. The van der Waals surface area contributed by atoms with Crippen molar-refractivity contribution in [1.82, 2.24) is 29.8 Å². The van der Waals surface area contributed by atoms with Crippen molar-refractivity contribution in [2.75, 3.05) is 31.1 Å². The van der Waals surface area contributed by atoms with Crippen molar-refractivity contribution in [2.24, 2.45) is 0 Å². The van der Waals surface area contributed by atoms with Crippen molar-refractivity contribution >= 4 is 5.82 Å². The smallest absolute Gasteiger partial charge is 0.174 e. The number of rotatable bonds is 4. The maximum atomic E-state index is 5.28. The van der Waals surface area contributed by atoms with Gasteiger partial charge in [0.25, 0.3) is 0 Å². The van der Waals surface area contributed by atoms with E-state index in [1.807, 2.05) is 44.6 Å². The molecule has 0 aliphatic carbocycles. The van der Waals surface area contributed by atoms with Crippen molar-refractivity contribution in [2.45, 2.75) is 34.2 Å². The van der Waals surface area contributed by atoms with Gasteiger partial charge in [-0.1, -0.05) is 5.16 Å². The zero-order valence-corrected chi connectivity index (χ0v) is 16.3. The summed E-state index contributed by atoms with van der Waals surface area (Å²) in [5, 5.41) is 8.56. The minimum Gasteiger partial charge on any atom is -0.361 e. The van der Waals surface area contributed by atoms with Gasteiger partial charge in [-0.3, -0.25) is 9.88 Å². The highest BCUT2D eigenvalue weighted by atomic mass is 16.5. The van der Waals surface area contributed by atoms with Gasteiger partial charge in [0, 0.05) is 44.0 Å². The number of hydrogen-bond donors (Lipinski definition) is 0. The maximum Gasteiger partial charge on any atom is 0.174 e. The number of hydrogen-bond acceptors (Lipinski definition) is 7. The Balaban J connectivity index is 1.44. The summed E-state index contributed by atoms with van der Waals surface area (Å²) >= 11 is 0. The second kappa shape index (κ2) is 7.11. The number of piperazine rings is 1. The Hall–Kier alpha value is -2.74. The van der Waals surface area contributed by atoms with Gasteiger partial charge < -0.3 is 9.42 Å². The Morgan fingerprint density at radius 2 is 1.74 bits per heavy atom. The normalized spacial score (nSPS) is 15.5. The van der Waals surface area contributed by atoms with Gasteiger partial charge in [-0.15, -0.1) is 0 Å². The van der Waals surface area contributed by atoms with E-state index in [4.69, 9.17) is 9.51 Å². The summed E-state index contributed by atoms with van der Waals surface area (Å²) in [6.07, 6.45) is 3.59. The van der Waals surface area contributed by atoms with Crippen LogP contribution in [-0.4, -0.2) is 56.0 Å². The molecule has 0 unspecified atom stereocenters. The number of anilines is 1. The molecule has 8 heteroatoms. The number of aryl methyl sites for hydroxylation is 4. The van der Waals surface area contributed by atoms with Crippen LogP contribution in [0.2, 0.25) is 0 Å². The average Bonchev–Trinajstić information content (AvgIpc) is 3.17. The lowest BCUT2D eigenvalue weighted by Crippen LogP contribution is -2.46. The molecule has 0 radical (unpaired) electrons. The molecule has 3 aromatic rings. The van der Waals surface area contributed by atoms with E-state index < -0.39 is 0 Å². The first-order valence-electron chi connectivity index (χ1n) is 9.26. The van der Waals surface area contributed by atoms with Gasteiger partial charge >= 0.3 is 0 Å². The van der Waals surface area contributed by atoms with Crippen LogP contribution in [0.4, 0.5) is 5.82 Å². The minimum absolute atomic E-state index is 0.760. The zero-order valence-electron chi connectivity index (χ0n) is 16.3. The Kier molecular flexibility index (Phi) is 4.65. The quantitative estimate of drug-likeness (QED) is 0.700. The van der Waals surface area contributed by atoms with E-state index in [1.165, 1.54) is 5.56 Å². The van der Waals surface area contributed by atoms with Crippen LogP contribution in [0.15, 0.2) is 23.0 Å². The lowest BCUT2D eigenvalue weighted by Gasteiger charge is -2.35. The Labute approximate surface area is 158 Å². The van der Waals surface area contributed by atoms with Crippen LogP contribution in [0.5, 0.6) is 0 Å². The van der Waals surface area contributed by atoms with E-state index in [0.717, 1.165) is 67.2 Å². The van der Waals surface area contributed by atoms with Crippen LogP contribution in [-0.2, 0) is 6.54 Å². The molecule has 0 aromatic carbocycles. The molecule has 3 aromatic heterocycles. The van der Waals surface area contributed by atoms with Crippen molar-refractivity contribution in [3.63, 3.8) is 0 Å². The lowest BCUT2D eigenvalue weighted by molar-refractivity contribution is 0.247. The summed E-state index contributed by atoms with van der Waals surface area (Å²) in [5.74, 6) is 2.58. The topological polar surface area (TPSA) is 76.1 Å². The van der Waals surface area contributed by atoms with Crippen molar-refractivity contribution in [3.8, 4) is 5.82 Å². The molecule has 142 valence electrons. The van der Waals surface area contributed by atoms with Gasteiger partial charge in [0.2, 0.25) is 0 Å². The molecule has 4 heterocycles. The van der Waals surface area contributed by atoms with Crippen LogP contribution in [0, 0.1) is 27.7 Å². The summed E-state index contributed by atoms with van der Waals surface area (Å²) < 4.78 is 7.13. The first kappa shape index (κ1) is 17.7. The summed E-state index contributed by atoms with van der Waals surface area (Å²) in [4.78, 5) is 13.9. The van der Waals surface area contributed by atoms with Crippen molar-refractivity contribution < 1.29 is 4.52 Å². The molecule has 0 atom stereocenters. The molecular weight excluding hydrogens is 342 g/mol. The highest BCUT2D eigenvalue weighted by Crippen LogP contribution is 2.19. The fraction of sp³-hybridized carbons (Fsp3) is 0.474. The molecule has 27 heavy (non-hydrogen) atoms. The van der Waals surface area contributed by atoms with Crippen LogP contribution in [0.1, 0.15) is 28.4 Å². The lowest BCUT2D eigenvalue weighted by atomic mass is 10.2. The first-order chi connectivity index (χ1) is 13.0. The van der Waals surface area contributed by atoms with Gasteiger partial charge in [0.1, 0.15) is 11.6 Å². The summed E-state index contributed by atoms with van der Waals surface area (Å²) in [6.45, 7) is 12.6. The zero-order chi connectivity index (χ0) is 19.0. The minimum atomic E-state index is 0.760. The Morgan fingerprint density at radius 1 is 1.00 bits per heavy atom. The van der Waals surface area contributed by atoms with E-state index in [-0.39, 0.29) is 0 Å². The molecule has 1 fully saturated rings. The van der Waals surface area contributed by atoms with Gasteiger partial charge in [-0.25, -0.2) is 9.67 Å². The van der Waals surface area contributed by atoms with Crippen molar-refractivity contribution in [1.29, 1.82) is 0 Å². The van der Waals surface area contributed by atoms with Crippen LogP contribution in [0.3, 0.4) is 0 Å². The molecule has 1 saturated heterocycles. The molecule has 0 N–H and O–H groups in total. The molecule has 0 spiro atoms. The second-order valence-corrected chi connectivity index (χ2v) is 7.14.